The van der Waals surface area contributed by atoms with Crippen molar-refractivity contribution in [2.75, 3.05) is 45.2 Å². The summed E-state index contributed by atoms with van der Waals surface area (Å²) < 4.78 is 42.3. The van der Waals surface area contributed by atoms with E-state index >= 15 is 0 Å². The van der Waals surface area contributed by atoms with Gasteiger partial charge in [0.25, 0.3) is 0 Å². The van der Waals surface area contributed by atoms with E-state index in [1.807, 2.05) is 0 Å². The number of aromatic nitrogens is 1. The van der Waals surface area contributed by atoms with Gasteiger partial charge in [0.2, 0.25) is 0 Å². The first-order valence-corrected chi connectivity index (χ1v) is 6.97. The molecule has 1 saturated heterocycles. The molecule has 1 atom stereocenters. The number of pyridine rings is 1. The molecule has 1 aromatic heterocycles. The maximum Gasteiger partial charge on any atom is 0.417 e. The smallest absolute Gasteiger partial charge is 0.383 e. The molecule has 1 fully saturated rings. The van der Waals surface area contributed by atoms with Gasteiger partial charge in [0.15, 0.2) is 0 Å². The number of alkyl halides is 3. The van der Waals surface area contributed by atoms with Gasteiger partial charge in [0.1, 0.15) is 5.82 Å². The normalized spacial score (nSPS) is 19.9. The average molecular weight is 303 g/mol. The first kappa shape index (κ1) is 16.0. The quantitative estimate of drug-likeness (QED) is 0.876. The standard InChI is InChI=1S/C14H20F3N3O/c1-21-7-6-20-5-4-11(10-20)8-18-13-3-2-12(9-19-13)14(15,16)17/h2-3,9,11H,4-8,10H2,1H3,(H,18,19). The van der Waals surface area contributed by atoms with Crippen LogP contribution in [-0.4, -0.2) is 49.8 Å². The lowest BCUT2D eigenvalue weighted by Crippen LogP contribution is -2.26. The van der Waals surface area contributed by atoms with Crippen LogP contribution in [0.15, 0.2) is 18.3 Å². The second kappa shape index (κ2) is 7.09. The highest BCUT2D eigenvalue weighted by molar-refractivity contribution is 5.36. The molecule has 1 aromatic rings. The van der Waals surface area contributed by atoms with Gasteiger partial charge in [-0.15, -0.1) is 0 Å². The lowest BCUT2D eigenvalue weighted by molar-refractivity contribution is -0.137. The topological polar surface area (TPSA) is 37.4 Å². The van der Waals surface area contributed by atoms with E-state index in [-0.39, 0.29) is 0 Å². The van der Waals surface area contributed by atoms with Crippen LogP contribution in [0, 0.1) is 5.92 Å². The molecule has 0 bridgehead atoms. The Morgan fingerprint density at radius 1 is 1.43 bits per heavy atom. The predicted octanol–water partition coefficient (Wildman–Crippen LogP) is 2.48. The largest absolute Gasteiger partial charge is 0.417 e. The van der Waals surface area contributed by atoms with Crippen molar-refractivity contribution in [2.24, 2.45) is 5.92 Å². The molecule has 2 heterocycles. The second-order valence-electron chi connectivity index (χ2n) is 5.26. The van der Waals surface area contributed by atoms with Crippen molar-refractivity contribution in [3.63, 3.8) is 0 Å². The van der Waals surface area contributed by atoms with Crippen LogP contribution in [0.3, 0.4) is 0 Å². The van der Waals surface area contributed by atoms with Gasteiger partial charge in [0.05, 0.1) is 12.2 Å². The Labute approximate surface area is 122 Å². The summed E-state index contributed by atoms with van der Waals surface area (Å²) in [6, 6.07) is 2.43. The molecule has 0 saturated carbocycles. The molecule has 0 radical (unpaired) electrons. The summed E-state index contributed by atoms with van der Waals surface area (Å²) in [6.07, 6.45) is -2.39. The summed E-state index contributed by atoms with van der Waals surface area (Å²) in [6.45, 7) is 4.39. The number of nitrogens with one attached hydrogen (secondary N) is 1. The summed E-state index contributed by atoms with van der Waals surface area (Å²) >= 11 is 0. The number of hydrogen-bond acceptors (Lipinski definition) is 4. The highest BCUT2D eigenvalue weighted by atomic mass is 19.4. The molecule has 21 heavy (non-hydrogen) atoms. The van der Waals surface area contributed by atoms with Crippen LogP contribution in [0.5, 0.6) is 0 Å². The Hall–Kier alpha value is -1.34. The zero-order valence-corrected chi connectivity index (χ0v) is 12.0. The van der Waals surface area contributed by atoms with E-state index in [0.717, 1.165) is 51.5 Å². The minimum atomic E-state index is -4.33. The molecule has 0 aromatic carbocycles. The van der Waals surface area contributed by atoms with Crippen molar-refractivity contribution >= 4 is 5.82 Å². The van der Waals surface area contributed by atoms with E-state index in [1.54, 1.807) is 7.11 Å². The zero-order valence-electron chi connectivity index (χ0n) is 12.0. The number of methoxy groups -OCH3 is 1. The van der Waals surface area contributed by atoms with Crippen LogP contribution >= 0.6 is 0 Å². The van der Waals surface area contributed by atoms with Crippen molar-refractivity contribution < 1.29 is 17.9 Å². The van der Waals surface area contributed by atoms with Crippen molar-refractivity contribution in [1.29, 1.82) is 0 Å². The first-order chi connectivity index (χ1) is 9.99. The van der Waals surface area contributed by atoms with Crippen LogP contribution in [0.2, 0.25) is 0 Å². The molecular formula is C14H20F3N3O. The van der Waals surface area contributed by atoms with Gasteiger partial charge in [-0.1, -0.05) is 0 Å². The molecule has 2 rings (SSSR count). The molecule has 0 aliphatic carbocycles. The Morgan fingerprint density at radius 2 is 2.24 bits per heavy atom. The van der Waals surface area contributed by atoms with E-state index in [2.05, 4.69) is 15.2 Å². The molecule has 118 valence electrons. The van der Waals surface area contributed by atoms with Crippen molar-refractivity contribution in [1.82, 2.24) is 9.88 Å². The average Bonchev–Trinajstić information content (AvgIpc) is 2.90. The van der Waals surface area contributed by atoms with Gasteiger partial charge in [-0.3, -0.25) is 0 Å². The Morgan fingerprint density at radius 3 is 2.86 bits per heavy atom. The van der Waals surface area contributed by atoms with Crippen molar-refractivity contribution in [3.05, 3.63) is 23.9 Å². The summed E-state index contributed by atoms with van der Waals surface area (Å²) in [5.41, 5.74) is -0.723. The lowest BCUT2D eigenvalue weighted by Gasteiger charge is -2.16. The molecule has 1 N–H and O–H groups in total. The monoisotopic (exact) mass is 303 g/mol. The summed E-state index contributed by atoms with van der Waals surface area (Å²) in [4.78, 5) is 6.14. The lowest BCUT2D eigenvalue weighted by atomic mass is 10.1. The van der Waals surface area contributed by atoms with Crippen LogP contribution in [-0.2, 0) is 10.9 Å². The van der Waals surface area contributed by atoms with Gasteiger partial charge >= 0.3 is 6.18 Å². The number of nitrogens with zero attached hydrogens (tertiary/aromatic N) is 2. The Bertz CT molecular complexity index is 436. The van der Waals surface area contributed by atoms with Crippen LogP contribution in [0.1, 0.15) is 12.0 Å². The molecule has 4 nitrogen and oxygen atoms in total. The molecule has 0 spiro atoms. The fourth-order valence-electron chi connectivity index (χ4n) is 2.42. The summed E-state index contributed by atoms with van der Waals surface area (Å²) in [5.74, 6) is 0.976. The highest BCUT2D eigenvalue weighted by Crippen LogP contribution is 2.28. The van der Waals surface area contributed by atoms with E-state index < -0.39 is 11.7 Å². The van der Waals surface area contributed by atoms with Gasteiger partial charge in [-0.2, -0.15) is 13.2 Å². The van der Waals surface area contributed by atoms with Crippen LogP contribution in [0.25, 0.3) is 0 Å². The Balaban J connectivity index is 1.76. The van der Waals surface area contributed by atoms with Gasteiger partial charge < -0.3 is 15.0 Å². The molecule has 7 heteroatoms. The minimum absolute atomic E-state index is 0.485. The predicted molar refractivity (Wildman–Crippen MR) is 74.2 cm³/mol. The molecule has 1 aliphatic rings. The Kier molecular flexibility index (Phi) is 5.41. The van der Waals surface area contributed by atoms with E-state index in [9.17, 15) is 13.2 Å². The third-order valence-electron chi connectivity index (χ3n) is 3.64. The summed E-state index contributed by atoms with van der Waals surface area (Å²) in [5, 5.41) is 3.11. The number of rotatable bonds is 6. The molecule has 1 unspecified atom stereocenters. The van der Waals surface area contributed by atoms with E-state index in [0.29, 0.717) is 11.7 Å². The molecule has 0 amide bonds. The first-order valence-electron chi connectivity index (χ1n) is 6.97. The molecule has 1 aliphatic heterocycles. The number of ether oxygens (including phenoxy) is 1. The van der Waals surface area contributed by atoms with Gasteiger partial charge in [-0.25, -0.2) is 4.98 Å². The number of hydrogen-bond donors (Lipinski definition) is 1. The minimum Gasteiger partial charge on any atom is -0.383 e. The fraction of sp³-hybridized carbons (Fsp3) is 0.643. The third kappa shape index (κ3) is 4.86. The van der Waals surface area contributed by atoms with Gasteiger partial charge in [-0.05, 0) is 31.0 Å². The third-order valence-corrected chi connectivity index (χ3v) is 3.64. The maximum absolute atomic E-state index is 12.4. The maximum atomic E-state index is 12.4. The zero-order chi connectivity index (χ0) is 15.3. The van der Waals surface area contributed by atoms with E-state index in [4.69, 9.17) is 4.74 Å². The van der Waals surface area contributed by atoms with Crippen LogP contribution in [0.4, 0.5) is 19.0 Å². The van der Waals surface area contributed by atoms with Crippen molar-refractivity contribution in [3.8, 4) is 0 Å². The highest BCUT2D eigenvalue weighted by Gasteiger charge is 2.30. The van der Waals surface area contributed by atoms with Crippen molar-refractivity contribution in [2.45, 2.75) is 12.6 Å². The summed E-state index contributed by atoms with van der Waals surface area (Å²) in [7, 11) is 1.69. The number of anilines is 1. The number of likely N-dealkylation sites (tertiary alicyclic amines) is 1. The number of halogens is 3. The SMILES string of the molecule is COCCN1CCC(CNc2ccc(C(F)(F)F)cn2)C1. The van der Waals surface area contributed by atoms with Crippen LogP contribution < -0.4 is 5.32 Å². The molecular weight excluding hydrogens is 283 g/mol. The fourth-order valence-corrected chi connectivity index (χ4v) is 2.42. The second-order valence-corrected chi connectivity index (χ2v) is 5.26. The van der Waals surface area contributed by atoms with E-state index in [1.165, 1.54) is 6.07 Å². The van der Waals surface area contributed by atoms with Gasteiger partial charge in [0, 0.05) is 32.9 Å².